The van der Waals surface area contributed by atoms with Crippen molar-refractivity contribution < 1.29 is 0 Å². The smallest absolute Gasteiger partial charge is 0.00388 e. The van der Waals surface area contributed by atoms with E-state index in [9.17, 15) is 0 Å². The maximum absolute atomic E-state index is 5.63. The predicted molar refractivity (Wildman–Crippen MR) is 70.3 cm³/mol. The third-order valence-corrected chi connectivity index (χ3v) is 3.82. The van der Waals surface area contributed by atoms with Crippen molar-refractivity contribution in [3.05, 3.63) is 0 Å². The molecular formula is C13H29N3. The van der Waals surface area contributed by atoms with Crippen molar-refractivity contribution in [2.75, 3.05) is 26.7 Å². The van der Waals surface area contributed by atoms with E-state index in [1.807, 2.05) is 0 Å². The first-order chi connectivity index (χ1) is 7.72. The Labute approximate surface area is 101 Å². The molecule has 1 aliphatic carbocycles. The fourth-order valence-corrected chi connectivity index (χ4v) is 2.43. The van der Waals surface area contributed by atoms with E-state index < -0.39 is 0 Å². The normalized spacial score (nSPS) is 24.9. The molecule has 2 fully saturated rings. The summed E-state index contributed by atoms with van der Waals surface area (Å²) in [6, 6.07) is 0.536. The average Bonchev–Trinajstić information content (AvgIpc) is 2.32. The number of likely N-dealkylation sites (tertiary alicyclic amines) is 1. The van der Waals surface area contributed by atoms with E-state index in [4.69, 9.17) is 11.5 Å². The Balaban J connectivity index is 0.000000165. The standard InChI is InChI=1S/C7H16N2.C6H13N/c1-9-4-2-7(6-8)3-5-9;7-6-4-2-1-3-5-6/h7H,2-6,8H2,1H3;6H,1-5,7H2. The molecule has 1 saturated carbocycles. The summed E-state index contributed by atoms with van der Waals surface area (Å²) in [7, 11) is 2.17. The molecular weight excluding hydrogens is 198 g/mol. The minimum absolute atomic E-state index is 0.536. The summed E-state index contributed by atoms with van der Waals surface area (Å²) >= 11 is 0. The number of hydrogen-bond donors (Lipinski definition) is 2. The first-order valence-corrected chi connectivity index (χ1v) is 6.86. The zero-order valence-corrected chi connectivity index (χ0v) is 10.8. The molecule has 2 aliphatic rings. The van der Waals surface area contributed by atoms with Gasteiger partial charge in [0.25, 0.3) is 0 Å². The minimum atomic E-state index is 0.536. The van der Waals surface area contributed by atoms with Crippen LogP contribution in [-0.2, 0) is 0 Å². The largest absolute Gasteiger partial charge is 0.330 e. The van der Waals surface area contributed by atoms with Crippen LogP contribution in [-0.4, -0.2) is 37.6 Å². The Morgan fingerprint density at radius 3 is 1.94 bits per heavy atom. The minimum Gasteiger partial charge on any atom is -0.330 e. The van der Waals surface area contributed by atoms with Crippen molar-refractivity contribution in [2.24, 2.45) is 17.4 Å². The van der Waals surface area contributed by atoms with E-state index in [1.165, 1.54) is 58.0 Å². The van der Waals surface area contributed by atoms with Crippen LogP contribution < -0.4 is 11.5 Å². The number of rotatable bonds is 1. The number of hydrogen-bond acceptors (Lipinski definition) is 3. The Hall–Kier alpha value is -0.120. The van der Waals surface area contributed by atoms with Gasteiger partial charge in [0.15, 0.2) is 0 Å². The zero-order valence-electron chi connectivity index (χ0n) is 10.8. The Morgan fingerprint density at radius 1 is 1.00 bits per heavy atom. The highest BCUT2D eigenvalue weighted by Gasteiger charge is 2.13. The van der Waals surface area contributed by atoms with E-state index in [0.29, 0.717) is 6.04 Å². The van der Waals surface area contributed by atoms with Gasteiger partial charge >= 0.3 is 0 Å². The molecule has 0 aromatic heterocycles. The molecule has 0 aromatic carbocycles. The van der Waals surface area contributed by atoms with Crippen LogP contribution in [0.15, 0.2) is 0 Å². The van der Waals surface area contributed by atoms with Gasteiger partial charge in [0.05, 0.1) is 0 Å². The lowest BCUT2D eigenvalue weighted by Crippen LogP contribution is -2.33. The van der Waals surface area contributed by atoms with Crippen molar-refractivity contribution in [3.8, 4) is 0 Å². The lowest BCUT2D eigenvalue weighted by Gasteiger charge is -2.27. The number of piperidine rings is 1. The summed E-state index contributed by atoms with van der Waals surface area (Å²) in [4.78, 5) is 2.37. The van der Waals surface area contributed by atoms with Crippen LogP contribution in [0.2, 0.25) is 0 Å². The summed E-state index contributed by atoms with van der Waals surface area (Å²) < 4.78 is 0. The fourth-order valence-electron chi connectivity index (χ4n) is 2.43. The quantitative estimate of drug-likeness (QED) is 0.715. The summed E-state index contributed by atoms with van der Waals surface area (Å²) in [5.41, 5.74) is 11.2. The molecule has 0 aromatic rings. The second-order valence-electron chi connectivity index (χ2n) is 5.38. The summed E-state index contributed by atoms with van der Waals surface area (Å²) in [6.45, 7) is 3.36. The van der Waals surface area contributed by atoms with Crippen molar-refractivity contribution in [2.45, 2.75) is 51.0 Å². The molecule has 1 saturated heterocycles. The van der Waals surface area contributed by atoms with Crippen molar-refractivity contribution >= 4 is 0 Å². The molecule has 0 unspecified atom stereocenters. The van der Waals surface area contributed by atoms with Crippen molar-refractivity contribution in [1.29, 1.82) is 0 Å². The molecule has 3 nitrogen and oxygen atoms in total. The van der Waals surface area contributed by atoms with Gasteiger partial charge in [0.1, 0.15) is 0 Å². The average molecular weight is 227 g/mol. The molecule has 96 valence electrons. The van der Waals surface area contributed by atoms with E-state index in [1.54, 1.807) is 0 Å². The van der Waals surface area contributed by atoms with Crippen molar-refractivity contribution in [3.63, 3.8) is 0 Å². The Bertz CT molecular complexity index is 159. The molecule has 1 heterocycles. The van der Waals surface area contributed by atoms with Crippen LogP contribution in [0.25, 0.3) is 0 Å². The van der Waals surface area contributed by atoms with Crippen LogP contribution in [0.1, 0.15) is 44.9 Å². The number of nitrogens with zero attached hydrogens (tertiary/aromatic N) is 1. The first-order valence-electron chi connectivity index (χ1n) is 6.86. The van der Waals surface area contributed by atoms with Gasteiger partial charge in [-0.1, -0.05) is 19.3 Å². The van der Waals surface area contributed by atoms with Crippen LogP contribution >= 0.6 is 0 Å². The first kappa shape index (κ1) is 13.9. The topological polar surface area (TPSA) is 55.3 Å². The van der Waals surface area contributed by atoms with Crippen molar-refractivity contribution in [1.82, 2.24) is 4.90 Å². The maximum atomic E-state index is 5.63. The summed E-state index contributed by atoms with van der Waals surface area (Å²) in [6.07, 6.45) is 9.26. The molecule has 1 aliphatic heterocycles. The predicted octanol–water partition coefficient (Wildman–Crippen LogP) is 1.56. The highest BCUT2D eigenvalue weighted by atomic mass is 15.1. The molecule has 16 heavy (non-hydrogen) atoms. The van der Waals surface area contributed by atoms with Gasteiger partial charge in [-0.2, -0.15) is 0 Å². The second-order valence-corrected chi connectivity index (χ2v) is 5.38. The van der Waals surface area contributed by atoms with E-state index in [-0.39, 0.29) is 0 Å². The van der Waals surface area contributed by atoms with Gasteiger partial charge in [-0.3, -0.25) is 0 Å². The molecule has 4 N–H and O–H groups in total. The van der Waals surface area contributed by atoms with Gasteiger partial charge < -0.3 is 16.4 Å². The monoisotopic (exact) mass is 227 g/mol. The van der Waals surface area contributed by atoms with Gasteiger partial charge in [0.2, 0.25) is 0 Å². The molecule has 0 radical (unpaired) electrons. The van der Waals surface area contributed by atoms with Crippen LogP contribution in [0.5, 0.6) is 0 Å². The zero-order chi connectivity index (χ0) is 11.8. The molecule has 3 heteroatoms. The number of nitrogens with two attached hydrogens (primary N) is 2. The SMILES string of the molecule is CN1CCC(CN)CC1.NC1CCCCC1. The highest BCUT2D eigenvalue weighted by Crippen LogP contribution is 2.15. The van der Waals surface area contributed by atoms with Gasteiger partial charge in [-0.05, 0) is 58.3 Å². The lowest BCUT2D eigenvalue weighted by atomic mass is 9.97. The Morgan fingerprint density at radius 2 is 1.56 bits per heavy atom. The van der Waals surface area contributed by atoms with E-state index in [2.05, 4.69) is 11.9 Å². The summed E-state index contributed by atoms with van der Waals surface area (Å²) in [5.74, 6) is 0.807. The highest BCUT2D eigenvalue weighted by molar-refractivity contribution is 4.69. The van der Waals surface area contributed by atoms with Gasteiger partial charge in [-0.25, -0.2) is 0 Å². The van der Waals surface area contributed by atoms with Crippen LogP contribution in [0, 0.1) is 5.92 Å². The molecule has 0 bridgehead atoms. The lowest BCUT2D eigenvalue weighted by molar-refractivity contribution is 0.223. The second kappa shape index (κ2) is 8.04. The third-order valence-electron chi connectivity index (χ3n) is 3.82. The van der Waals surface area contributed by atoms with E-state index >= 15 is 0 Å². The Kier molecular flexibility index (Phi) is 7.01. The van der Waals surface area contributed by atoms with Crippen LogP contribution in [0.3, 0.4) is 0 Å². The molecule has 2 rings (SSSR count). The van der Waals surface area contributed by atoms with Gasteiger partial charge in [-0.15, -0.1) is 0 Å². The van der Waals surface area contributed by atoms with Crippen LogP contribution in [0.4, 0.5) is 0 Å². The summed E-state index contributed by atoms with van der Waals surface area (Å²) in [5, 5.41) is 0. The maximum Gasteiger partial charge on any atom is 0.00388 e. The molecule has 0 amide bonds. The fraction of sp³-hybridized carbons (Fsp3) is 1.00. The molecule has 0 atom stereocenters. The van der Waals surface area contributed by atoms with Gasteiger partial charge in [0, 0.05) is 6.04 Å². The molecule has 0 spiro atoms. The third kappa shape index (κ3) is 5.83. The van der Waals surface area contributed by atoms with E-state index in [0.717, 1.165) is 12.5 Å².